The zero-order chi connectivity index (χ0) is 19.6. The number of aromatic nitrogens is 2. The number of halogens is 2. The Morgan fingerprint density at radius 1 is 1.11 bits per heavy atom. The molecule has 0 aliphatic rings. The number of benzene rings is 1. The molecule has 27 heavy (non-hydrogen) atoms. The second kappa shape index (κ2) is 7.46. The van der Waals surface area contributed by atoms with Gasteiger partial charge in [0.05, 0.1) is 0 Å². The Bertz CT molecular complexity index is 1030. The molecule has 3 aromatic rings. The highest BCUT2D eigenvalue weighted by Crippen LogP contribution is 2.16. The molecule has 1 aromatic carbocycles. The number of carbonyl (C=O) groups is 3. The second-order valence-electron chi connectivity index (χ2n) is 5.43. The summed E-state index contributed by atoms with van der Waals surface area (Å²) in [6.07, 6.45) is 2.80. The summed E-state index contributed by atoms with van der Waals surface area (Å²) in [7, 11) is 1.51. The third-order valence-electron chi connectivity index (χ3n) is 3.54. The Morgan fingerprint density at radius 2 is 1.89 bits per heavy atom. The molecule has 0 aliphatic heterocycles. The quantitative estimate of drug-likeness (QED) is 0.518. The molecule has 0 atom stereocenters. The SMILES string of the molecule is Cn1cc(C(=O)C(=O)Nc2nccs2)cc1C(=O)Nc1ccc(F)c(F)c1. The smallest absolute Gasteiger partial charge is 0.298 e. The van der Waals surface area contributed by atoms with Gasteiger partial charge in [-0.1, -0.05) is 0 Å². The monoisotopic (exact) mass is 390 g/mol. The minimum atomic E-state index is -1.10. The van der Waals surface area contributed by atoms with E-state index in [1.807, 2.05) is 0 Å². The number of carbonyl (C=O) groups excluding carboxylic acids is 3. The van der Waals surface area contributed by atoms with Crippen molar-refractivity contribution in [2.75, 3.05) is 10.6 Å². The van der Waals surface area contributed by atoms with Crippen LogP contribution in [-0.4, -0.2) is 27.1 Å². The molecular formula is C17H12F2N4O3S. The Balaban J connectivity index is 1.74. The number of hydrogen-bond donors (Lipinski definition) is 2. The molecule has 0 bridgehead atoms. The van der Waals surface area contributed by atoms with Crippen LogP contribution < -0.4 is 10.6 Å². The zero-order valence-electron chi connectivity index (χ0n) is 13.8. The van der Waals surface area contributed by atoms with Crippen LogP contribution in [0.4, 0.5) is 19.6 Å². The molecule has 10 heteroatoms. The molecule has 2 heterocycles. The van der Waals surface area contributed by atoms with E-state index in [0.29, 0.717) is 0 Å². The predicted molar refractivity (Wildman–Crippen MR) is 94.8 cm³/mol. The van der Waals surface area contributed by atoms with Gasteiger partial charge in [-0.2, -0.15) is 0 Å². The summed E-state index contributed by atoms with van der Waals surface area (Å²) < 4.78 is 27.5. The highest BCUT2D eigenvalue weighted by atomic mass is 32.1. The fraction of sp³-hybridized carbons (Fsp3) is 0.0588. The van der Waals surface area contributed by atoms with E-state index in [2.05, 4.69) is 15.6 Å². The lowest BCUT2D eigenvalue weighted by Gasteiger charge is -2.06. The van der Waals surface area contributed by atoms with Crippen molar-refractivity contribution in [3.63, 3.8) is 0 Å². The number of aryl methyl sites for hydroxylation is 1. The van der Waals surface area contributed by atoms with Gasteiger partial charge in [0, 0.05) is 42.1 Å². The molecule has 7 nitrogen and oxygen atoms in total. The second-order valence-corrected chi connectivity index (χ2v) is 6.32. The molecule has 0 radical (unpaired) electrons. The fourth-order valence-corrected chi connectivity index (χ4v) is 2.78. The molecular weight excluding hydrogens is 378 g/mol. The van der Waals surface area contributed by atoms with Crippen molar-refractivity contribution < 1.29 is 23.2 Å². The van der Waals surface area contributed by atoms with E-state index >= 15 is 0 Å². The summed E-state index contributed by atoms with van der Waals surface area (Å²) in [5.74, 6) is -4.51. The largest absolute Gasteiger partial charge is 0.346 e. The first-order chi connectivity index (χ1) is 12.8. The summed E-state index contributed by atoms with van der Waals surface area (Å²) in [6.45, 7) is 0. The molecule has 0 aliphatic carbocycles. The molecule has 0 fully saturated rings. The molecule has 3 rings (SSSR count). The van der Waals surface area contributed by atoms with Crippen LogP contribution in [0.15, 0.2) is 42.0 Å². The van der Waals surface area contributed by atoms with Crippen molar-refractivity contribution in [3.05, 3.63) is 64.9 Å². The van der Waals surface area contributed by atoms with E-state index in [-0.39, 0.29) is 22.1 Å². The van der Waals surface area contributed by atoms with Gasteiger partial charge in [0.2, 0.25) is 0 Å². The topological polar surface area (TPSA) is 93.1 Å². The number of nitrogens with zero attached hydrogens (tertiary/aromatic N) is 2. The highest BCUT2D eigenvalue weighted by molar-refractivity contribution is 7.13. The van der Waals surface area contributed by atoms with E-state index in [1.54, 1.807) is 5.38 Å². The third kappa shape index (κ3) is 4.06. The van der Waals surface area contributed by atoms with Crippen molar-refractivity contribution in [3.8, 4) is 0 Å². The summed E-state index contributed by atoms with van der Waals surface area (Å²) in [5.41, 5.74) is 0.113. The molecule has 0 unspecified atom stereocenters. The minimum absolute atomic E-state index is 0.00185. The normalized spacial score (nSPS) is 10.5. The summed E-state index contributed by atoms with van der Waals surface area (Å²) in [6, 6.07) is 4.16. The standard InChI is InChI=1S/C17H12F2N4O3S/c1-23-8-9(14(24)16(26)22-17-20-4-5-27-17)6-13(23)15(25)21-10-2-3-11(18)12(19)7-10/h2-8H,1H3,(H,21,25)(H,20,22,26). The summed E-state index contributed by atoms with van der Waals surface area (Å²) in [5, 5.41) is 6.68. The van der Waals surface area contributed by atoms with Gasteiger partial charge in [-0.25, -0.2) is 13.8 Å². The average molecular weight is 390 g/mol. The van der Waals surface area contributed by atoms with Gasteiger partial charge in [0.25, 0.3) is 17.6 Å². The van der Waals surface area contributed by atoms with E-state index in [1.165, 1.54) is 36.1 Å². The fourth-order valence-electron chi connectivity index (χ4n) is 2.25. The van der Waals surface area contributed by atoms with Gasteiger partial charge in [-0.15, -0.1) is 11.3 Å². The molecule has 0 saturated heterocycles. The van der Waals surface area contributed by atoms with Crippen molar-refractivity contribution >= 4 is 39.8 Å². The Morgan fingerprint density at radius 3 is 2.56 bits per heavy atom. The van der Waals surface area contributed by atoms with Gasteiger partial charge < -0.3 is 9.88 Å². The van der Waals surface area contributed by atoms with E-state index in [4.69, 9.17) is 0 Å². The maximum absolute atomic E-state index is 13.2. The lowest BCUT2D eigenvalue weighted by atomic mass is 10.2. The van der Waals surface area contributed by atoms with Gasteiger partial charge in [-0.05, 0) is 18.2 Å². The lowest BCUT2D eigenvalue weighted by Crippen LogP contribution is -2.22. The van der Waals surface area contributed by atoms with Crippen LogP contribution in [0.2, 0.25) is 0 Å². The average Bonchev–Trinajstić information content (AvgIpc) is 3.27. The first kappa shape index (κ1) is 18.4. The number of amides is 2. The van der Waals surface area contributed by atoms with Crippen LogP contribution in [0.1, 0.15) is 20.8 Å². The van der Waals surface area contributed by atoms with Gasteiger partial charge in [-0.3, -0.25) is 19.7 Å². The van der Waals surface area contributed by atoms with Gasteiger partial charge >= 0.3 is 0 Å². The van der Waals surface area contributed by atoms with E-state index in [9.17, 15) is 23.2 Å². The van der Waals surface area contributed by atoms with Crippen LogP contribution in [-0.2, 0) is 11.8 Å². The van der Waals surface area contributed by atoms with Crippen LogP contribution >= 0.6 is 11.3 Å². The molecule has 2 amide bonds. The molecule has 2 aromatic heterocycles. The van der Waals surface area contributed by atoms with Gasteiger partial charge in [0.1, 0.15) is 5.69 Å². The third-order valence-corrected chi connectivity index (χ3v) is 4.22. The van der Waals surface area contributed by atoms with Crippen molar-refractivity contribution in [2.24, 2.45) is 7.05 Å². The predicted octanol–water partition coefficient (Wildman–Crippen LogP) is 2.83. The van der Waals surface area contributed by atoms with Gasteiger partial charge in [0.15, 0.2) is 16.8 Å². The Kier molecular flexibility index (Phi) is 5.08. The zero-order valence-corrected chi connectivity index (χ0v) is 14.6. The maximum Gasteiger partial charge on any atom is 0.298 e. The highest BCUT2D eigenvalue weighted by Gasteiger charge is 2.22. The number of ketones is 1. The van der Waals surface area contributed by atoms with Crippen LogP contribution in [0.3, 0.4) is 0 Å². The Hall–Kier alpha value is -3.40. The van der Waals surface area contributed by atoms with Crippen LogP contribution in [0.5, 0.6) is 0 Å². The van der Waals surface area contributed by atoms with E-state index in [0.717, 1.165) is 23.5 Å². The summed E-state index contributed by atoms with van der Waals surface area (Å²) >= 11 is 1.16. The molecule has 0 spiro atoms. The number of hydrogen-bond acceptors (Lipinski definition) is 5. The number of rotatable bonds is 5. The Labute approximate surface area is 155 Å². The van der Waals surface area contributed by atoms with Crippen molar-refractivity contribution in [1.29, 1.82) is 0 Å². The first-order valence-electron chi connectivity index (χ1n) is 7.53. The summed E-state index contributed by atoms with van der Waals surface area (Å²) in [4.78, 5) is 40.4. The van der Waals surface area contributed by atoms with Crippen LogP contribution in [0, 0.1) is 11.6 Å². The molecule has 2 N–H and O–H groups in total. The van der Waals surface area contributed by atoms with E-state index < -0.39 is 29.2 Å². The number of nitrogens with one attached hydrogen (secondary N) is 2. The molecule has 138 valence electrons. The maximum atomic E-state index is 13.2. The first-order valence-corrected chi connectivity index (χ1v) is 8.41. The lowest BCUT2D eigenvalue weighted by molar-refractivity contribution is -0.112. The van der Waals surface area contributed by atoms with Crippen molar-refractivity contribution in [2.45, 2.75) is 0 Å². The molecule has 0 saturated carbocycles. The minimum Gasteiger partial charge on any atom is -0.346 e. The van der Waals surface area contributed by atoms with Crippen LogP contribution in [0.25, 0.3) is 0 Å². The number of anilines is 2. The van der Waals surface area contributed by atoms with Crippen molar-refractivity contribution in [1.82, 2.24) is 9.55 Å². The number of thiazole rings is 1. The number of Topliss-reactive ketones (excluding diaryl/α,β-unsaturated/α-hetero) is 1.